The van der Waals surface area contributed by atoms with E-state index in [-0.39, 0.29) is 0 Å². The first-order valence-electron chi connectivity index (χ1n) is 6.65. The molecule has 0 heterocycles. The van der Waals surface area contributed by atoms with Crippen LogP contribution in [0.1, 0.15) is 40.0 Å². The van der Waals surface area contributed by atoms with Gasteiger partial charge in [-0.05, 0) is 49.6 Å². The highest BCUT2D eigenvalue weighted by molar-refractivity contribution is 7.80. The predicted octanol–water partition coefficient (Wildman–Crippen LogP) is 1.67. The van der Waals surface area contributed by atoms with Crippen molar-refractivity contribution >= 4 is 34.7 Å². The minimum absolute atomic E-state index is 0.461. The Hall–Kier alpha value is -0.620. The first-order valence-corrected chi connectivity index (χ1v) is 7.46. The van der Waals surface area contributed by atoms with E-state index in [0.29, 0.717) is 22.2 Å². The Morgan fingerprint density at radius 2 is 1.78 bits per heavy atom. The standard InChI is InChI=1S/C12H24N4S2/c1-4-13-11(17)15-16-12(18)14-10-7-5-6-8(2)9(10)3/h8-10H,4-7H2,1-3H3,(H2,13,15,17)(H2,14,16,18)/t8-,9-,10-/m0/s1. The molecule has 0 spiro atoms. The number of hydrogen-bond acceptors (Lipinski definition) is 2. The third kappa shape index (κ3) is 4.94. The van der Waals surface area contributed by atoms with Crippen LogP contribution in [-0.4, -0.2) is 22.8 Å². The lowest BCUT2D eigenvalue weighted by Gasteiger charge is -2.35. The summed E-state index contributed by atoms with van der Waals surface area (Å²) in [6.45, 7) is 7.40. The Balaban J connectivity index is 2.29. The quantitative estimate of drug-likeness (QED) is 0.458. The Labute approximate surface area is 121 Å². The van der Waals surface area contributed by atoms with E-state index in [1.54, 1.807) is 0 Å². The molecule has 1 saturated carbocycles. The van der Waals surface area contributed by atoms with Gasteiger partial charge < -0.3 is 10.6 Å². The third-order valence-corrected chi connectivity index (χ3v) is 4.12. The predicted molar refractivity (Wildman–Crippen MR) is 84.2 cm³/mol. The van der Waals surface area contributed by atoms with Gasteiger partial charge in [0.1, 0.15) is 0 Å². The third-order valence-electron chi connectivity index (χ3n) is 3.65. The van der Waals surface area contributed by atoms with Crippen molar-refractivity contribution in [1.82, 2.24) is 21.5 Å². The van der Waals surface area contributed by atoms with E-state index in [2.05, 4.69) is 35.3 Å². The van der Waals surface area contributed by atoms with Crippen molar-refractivity contribution in [2.75, 3.05) is 6.54 Å². The van der Waals surface area contributed by atoms with Gasteiger partial charge in [-0.2, -0.15) is 0 Å². The van der Waals surface area contributed by atoms with Crippen molar-refractivity contribution in [1.29, 1.82) is 0 Å². The zero-order chi connectivity index (χ0) is 13.5. The molecule has 18 heavy (non-hydrogen) atoms. The Bertz CT molecular complexity index is 296. The monoisotopic (exact) mass is 288 g/mol. The maximum atomic E-state index is 5.26. The van der Waals surface area contributed by atoms with Crippen molar-refractivity contribution in [3.05, 3.63) is 0 Å². The van der Waals surface area contributed by atoms with Gasteiger partial charge in [0.05, 0.1) is 0 Å². The normalized spacial score (nSPS) is 27.2. The average Bonchev–Trinajstić information content (AvgIpc) is 2.33. The van der Waals surface area contributed by atoms with E-state index in [1.807, 2.05) is 6.92 Å². The van der Waals surface area contributed by atoms with Crippen LogP contribution in [0.4, 0.5) is 0 Å². The molecule has 0 amide bonds. The van der Waals surface area contributed by atoms with Crippen LogP contribution in [0.3, 0.4) is 0 Å². The van der Waals surface area contributed by atoms with Crippen LogP contribution >= 0.6 is 24.4 Å². The fourth-order valence-corrected chi connectivity index (χ4v) is 2.71. The topological polar surface area (TPSA) is 48.1 Å². The number of rotatable bonds is 2. The summed E-state index contributed by atoms with van der Waals surface area (Å²) in [5.41, 5.74) is 5.78. The molecule has 0 saturated heterocycles. The summed E-state index contributed by atoms with van der Waals surface area (Å²) >= 11 is 10.3. The second-order valence-electron chi connectivity index (χ2n) is 4.96. The maximum Gasteiger partial charge on any atom is 0.185 e. The summed E-state index contributed by atoms with van der Waals surface area (Å²) in [4.78, 5) is 0. The minimum Gasteiger partial charge on any atom is -0.362 e. The fourth-order valence-electron chi connectivity index (χ4n) is 2.31. The first kappa shape index (κ1) is 15.4. The molecule has 0 aliphatic heterocycles. The molecule has 104 valence electrons. The lowest BCUT2D eigenvalue weighted by Crippen LogP contribution is -2.54. The van der Waals surface area contributed by atoms with Gasteiger partial charge in [0.15, 0.2) is 10.2 Å². The molecular weight excluding hydrogens is 264 g/mol. The first-order chi connectivity index (χ1) is 8.54. The average molecular weight is 288 g/mol. The van der Waals surface area contributed by atoms with E-state index >= 15 is 0 Å². The van der Waals surface area contributed by atoms with Crippen LogP contribution in [0.15, 0.2) is 0 Å². The molecule has 1 aliphatic carbocycles. The van der Waals surface area contributed by atoms with E-state index in [9.17, 15) is 0 Å². The van der Waals surface area contributed by atoms with Gasteiger partial charge in [0.2, 0.25) is 0 Å². The van der Waals surface area contributed by atoms with Gasteiger partial charge in [-0.1, -0.05) is 26.7 Å². The number of nitrogens with one attached hydrogen (secondary N) is 4. The van der Waals surface area contributed by atoms with Crippen molar-refractivity contribution in [2.45, 2.75) is 46.1 Å². The molecule has 0 unspecified atom stereocenters. The summed E-state index contributed by atoms with van der Waals surface area (Å²) in [6, 6.07) is 0.461. The van der Waals surface area contributed by atoms with Crippen LogP contribution in [-0.2, 0) is 0 Å². The smallest absolute Gasteiger partial charge is 0.185 e. The lowest BCUT2D eigenvalue weighted by molar-refractivity contribution is 0.224. The van der Waals surface area contributed by atoms with E-state index in [1.165, 1.54) is 19.3 Å². The lowest BCUT2D eigenvalue weighted by atomic mass is 9.78. The molecule has 4 nitrogen and oxygen atoms in total. The highest BCUT2D eigenvalue weighted by Crippen LogP contribution is 2.29. The van der Waals surface area contributed by atoms with E-state index in [4.69, 9.17) is 24.4 Å². The van der Waals surface area contributed by atoms with Crippen molar-refractivity contribution in [2.24, 2.45) is 11.8 Å². The number of thiocarbonyl (C=S) groups is 2. The molecule has 0 aromatic rings. The van der Waals surface area contributed by atoms with Gasteiger partial charge in [0, 0.05) is 12.6 Å². The van der Waals surface area contributed by atoms with Crippen molar-refractivity contribution < 1.29 is 0 Å². The molecule has 0 aromatic carbocycles. The number of hydrazine groups is 1. The Morgan fingerprint density at radius 1 is 1.11 bits per heavy atom. The Kier molecular flexibility index (Phi) is 6.63. The van der Waals surface area contributed by atoms with E-state index < -0.39 is 0 Å². The van der Waals surface area contributed by atoms with Crippen LogP contribution in [0.2, 0.25) is 0 Å². The van der Waals surface area contributed by atoms with Crippen LogP contribution < -0.4 is 21.5 Å². The summed E-state index contributed by atoms with van der Waals surface area (Å²) in [6.07, 6.45) is 3.78. The highest BCUT2D eigenvalue weighted by Gasteiger charge is 2.27. The zero-order valence-corrected chi connectivity index (χ0v) is 13.0. The molecule has 6 heteroatoms. The molecule has 1 rings (SSSR count). The Morgan fingerprint density at radius 3 is 2.44 bits per heavy atom. The molecule has 3 atom stereocenters. The molecule has 1 fully saturated rings. The molecule has 0 aromatic heterocycles. The van der Waals surface area contributed by atoms with Crippen molar-refractivity contribution in [3.8, 4) is 0 Å². The van der Waals surface area contributed by atoms with Gasteiger partial charge in [-0.15, -0.1) is 0 Å². The summed E-state index contributed by atoms with van der Waals surface area (Å²) in [5, 5.41) is 7.53. The molecule has 0 bridgehead atoms. The molecule has 0 radical (unpaired) electrons. The van der Waals surface area contributed by atoms with Crippen LogP contribution in [0, 0.1) is 11.8 Å². The second-order valence-corrected chi connectivity index (χ2v) is 5.77. The van der Waals surface area contributed by atoms with Crippen LogP contribution in [0.5, 0.6) is 0 Å². The van der Waals surface area contributed by atoms with Crippen molar-refractivity contribution in [3.63, 3.8) is 0 Å². The summed E-state index contributed by atoms with van der Waals surface area (Å²) in [7, 11) is 0. The SMILES string of the molecule is CCNC(=S)NNC(=S)N[C@H]1CCC[C@H](C)[C@@H]1C. The van der Waals surface area contributed by atoms with Crippen LogP contribution in [0.25, 0.3) is 0 Å². The van der Waals surface area contributed by atoms with E-state index in [0.717, 1.165) is 12.5 Å². The van der Waals surface area contributed by atoms with Gasteiger partial charge in [-0.25, -0.2) is 0 Å². The highest BCUT2D eigenvalue weighted by atomic mass is 32.1. The van der Waals surface area contributed by atoms with Gasteiger partial charge in [-0.3, -0.25) is 10.9 Å². The van der Waals surface area contributed by atoms with Gasteiger partial charge >= 0.3 is 0 Å². The minimum atomic E-state index is 0.461. The van der Waals surface area contributed by atoms with Gasteiger partial charge in [0.25, 0.3) is 0 Å². The fraction of sp³-hybridized carbons (Fsp3) is 0.833. The zero-order valence-electron chi connectivity index (χ0n) is 11.4. The maximum absolute atomic E-state index is 5.26. The molecular formula is C12H24N4S2. The molecule has 1 aliphatic rings. The largest absolute Gasteiger partial charge is 0.362 e. The summed E-state index contributed by atoms with van der Waals surface area (Å²) in [5.74, 6) is 1.41. The summed E-state index contributed by atoms with van der Waals surface area (Å²) < 4.78 is 0. The second kappa shape index (κ2) is 7.74. The molecule has 4 N–H and O–H groups in total. The number of hydrogen-bond donors (Lipinski definition) is 4.